The Morgan fingerprint density at radius 3 is 2.76 bits per heavy atom. The molecule has 0 saturated carbocycles. The number of carbonyl (C=O) groups excluding carboxylic acids is 1. The van der Waals surface area contributed by atoms with Crippen LogP contribution in [0.2, 0.25) is 5.02 Å². The summed E-state index contributed by atoms with van der Waals surface area (Å²) in [6.07, 6.45) is 1.64. The van der Waals surface area contributed by atoms with Gasteiger partial charge in [-0.1, -0.05) is 29.8 Å². The molecule has 25 heavy (non-hydrogen) atoms. The van der Waals surface area contributed by atoms with E-state index < -0.39 is 4.92 Å². The Bertz CT molecular complexity index is 969. The molecule has 7 heteroatoms. The van der Waals surface area contributed by atoms with Gasteiger partial charge in [-0.15, -0.1) is 0 Å². The van der Waals surface area contributed by atoms with Crippen LogP contribution in [0.1, 0.15) is 15.9 Å². The number of nitrogens with zero attached hydrogens (tertiary/aromatic N) is 3. The van der Waals surface area contributed by atoms with E-state index in [1.165, 1.54) is 23.1 Å². The first kappa shape index (κ1) is 16.9. The number of pyridine rings is 1. The Morgan fingerprint density at radius 1 is 1.24 bits per heavy atom. The Labute approximate surface area is 148 Å². The second kappa shape index (κ2) is 6.86. The number of nitro groups is 1. The third-order valence-corrected chi connectivity index (χ3v) is 4.23. The number of halogens is 1. The van der Waals surface area contributed by atoms with E-state index in [1.54, 1.807) is 25.4 Å². The fourth-order valence-electron chi connectivity index (χ4n) is 2.61. The van der Waals surface area contributed by atoms with Gasteiger partial charge in [-0.05, 0) is 23.8 Å². The molecule has 0 N–H and O–H groups in total. The van der Waals surface area contributed by atoms with Crippen LogP contribution in [-0.4, -0.2) is 27.8 Å². The number of carbonyl (C=O) groups is 1. The van der Waals surface area contributed by atoms with Crippen LogP contribution >= 0.6 is 11.6 Å². The molecule has 0 saturated heterocycles. The summed E-state index contributed by atoms with van der Waals surface area (Å²) < 4.78 is 0. The van der Waals surface area contributed by atoms with Crippen molar-refractivity contribution in [2.75, 3.05) is 7.05 Å². The summed E-state index contributed by atoms with van der Waals surface area (Å²) >= 11 is 6.12. The molecule has 6 nitrogen and oxygen atoms in total. The molecule has 1 amide bonds. The highest BCUT2D eigenvalue weighted by Gasteiger charge is 2.18. The average Bonchev–Trinajstić information content (AvgIpc) is 2.62. The number of benzene rings is 2. The maximum atomic E-state index is 12.8. The van der Waals surface area contributed by atoms with Gasteiger partial charge in [0, 0.05) is 42.3 Å². The molecule has 0 bridgehead atoms. The second-order valence-electron chi connectivity index (χ2n) is 5.57. The van der Waals surface area contributed by atoms with Gasteiger partial charge in [0.25, 0.3) is 11.6 Å². The van der Waals surface area contributed by atoms with Crippen LogP contribution in [0.3, 0.4) is 0 Å². The summed E-state index contributed by atoms with van der Waals surface area (Å²) in [5.41, 5.74) is 1.54. The zero-order chi connectivity index (χ0) is 18.0. The number of hydrogen-bond acceptors (Lipinski definition) is 4. The van der Waals surface area contributed by atoms with Crippen molar-refractivity contribution in [3.8, 4) is 0 Å². The SMILES string of the molecule is CN(Cc1cc([N+](=O)[O-])ccc1Cl)C(=O)c1cccc2cccnc12. The molecule has 0 aliphatic carbocycles. The minimum absolute atomic E-state index is 0.0629. The normalized spacial score (nSPS) is 10.6. The van der Waals surface area contributed by atoms with Crippen molar-refractivity contribution in [3.05, 3.63) is 81.0 Å². The first-order valence-electron chi connectivity index (χ1n) is 7.49. The summed E-state index contributed by atoms with van der Waals surface area (Å²) in [5, 5.41) is 12.2. The van der Waals surface area contributed by atoms with Gasteiger partial charge in [0.05, 0.1) is 16.0 Å². The fourth-order valence-corrected chi connectivity index (χ4v) is 2.78. The largest absolute Gasteiger partial charge is 0.337 e. The van der Waals surface area contributed by atoms with E-state index in [0.717, 1.165) is 5.39 Å². The zero-order valence-electron chi connectivity index (χ0n) is 13.3. The third-order valence-electron chi connectivity index (χ3n) is 3.86. The fraction of sp³-hybridized carbons (Fsp3) is 0.111. The van der Waals surface area contributed by atoms with Gasteiger partial charge >= 0.3 is 0 Å². The number of non-ortho nitro benzene ring substituents is 1. The van der Waals surface area contributed by atoms with Gasteiger partial charge in [-0.3, -0.25) is 19.9 Å². The highest BCUT2D eigenvalue weighted by Crippen LogP contribution is 2.24. The number of rotatable bonds is 4. The van der Waals surface area contributed by atoms with E-state index in [2.05, 4.69) is 4.98 Å². The van der Waals surface area contributed by atoms with E-state index in [0.29, 0.717) is 21.7 Å². The quantitative estimate of drug-likeness (QED) is 0.522. The number of para-hydroxylation sites is 1. The first-order chi connectivity index (χ1) is 12.0. The van der Waals surface area contributed by atoms with E-state index in [4.69, 9.17) is 11.6 Å². The molecular formula is C18H14ClN3O3. The molecule has 126 valence electrons. The molecule has 0 unspecified atom stereocenters. The maximum absolute atomic E-state index is 12.8. The predicted molar refractivity (Wildman–Crippen MR) is 95.6 cm³/mol. The molecule has 0 aliphatic heterocycles. The minimum atomic E-state index is -0.490. The molecule has 0 atom stereocenters. The highest BCUT2D eigenvalue weighted by molar-refractivity contribution is 6.31. The Hall–Kier alpha value is -2.99. The average molecular weight is 356 g/mol. The number of amides is 1. The van der Waals surface area contributed by atoms with Crippen molar-refractivity contribution in [2.24, 2.45) is 0 Å². The number of fused-ring (bicyclic) bond motifs is 1. The first-order valence-corrected chi connectivity index (χ1v) is 7.87. The summed E-state index contributed by atoms with van der Waals surface area (Å²) in [5.74, 6) is -0.230. The lowest BCUT2D eigenvalue weighted by Crippen LogP contribution is -2.26. The van der Waals surface area contributed by atoms with Crippen LogP contribution in [0.25, 0.3) is 10.9 Å². The Morgan fingerprint density at radius 2 is 2.00 bits per heavy atom. The number of aromatic nitrogens is 1. The van der Waals surface area contributed by atoms with E-state index >= 15 is 0 Å². The Balaban J connectivity index is 1.91. The van der Waals surface area contributed by atoms with Crippen molar-refractivity contribution in [2.45, 2.75) is 6.54 Å². The topological polar surface area (TPSA) is 76.3 Å². The smallest absolute Gasteiger partial charge is 0.269 e. The van der Waals surface area contributed by atoms with E-state index in [9.17, 15) is 14.9 Å². The predicted octanol–water partition coefficient (Wildman–Crippen LogP) is 4.07. The monoisotopic (exact) mass is 355 g/mol. The maximum Gasteiger partial charge on any atom is 0.269 e. The zero-order valence-corrected chi connectivity index (χ0v) is 14.1. The molecule has 0 radical (unpaired) electrons. The summed E-state index contributed by atoms with van der Waals surface area (Å²) in [6, 6.07) is 13.3. The summed E-state index contributed by atoms with van der Waals surface area (Å²) in [6.45, 7) is 0.155. The molecule has 2 aromatic carbocycles. The van der Waals surface area contributed by atoms with Crippen molar-refractivity contribution in [1.82, 2.24) is 9.88 Å². The number of nitro benzene ring substituents is 1. The Kier molecular flexibility index (Phi) is 4.63. The van der Waals surface area contributed by atoms with Gasteiger partial charge in [0.15, 0.2) is 0 Å². The van der Waals surface area contributed by atoms with Crippen LogP contribution in [-0.2, 0) is 6.54 Å². The minimum Gasteiger partial charge on any atom is -0.337 e. The van der Waals surface area contributed by atoms with Crippen LogP contribution in [0.5, 0.6) is 0 Å². The summed E-state index contributed by atoms with van der Waals surface area (Å²) in [4.78, 5) is 29.0. The van der Waals surface area contributed by atoms with Crippen molar-refractivity contribution >= 4 is 34.1 Å². The van der Waals surface area contributed by atoms with Gasteiger partial charge in [-0.2, -0.15) is 0 Å². The van der Waals surface area contributed by atoms with Crippen LogP contribution in [0.4, 0.5) is 5.69 Å². The van der Waals surface area contributed by atoms with Gasteiger partial charge in [0.1, 0.15) is 0 Å². The van der Waals surface area contributed by atoms with E-state index in [1.807, 2.05) is 18.2 Å². The van der Waals surface area contributed by atoms with Crippen molar-refractivity contribution in [1.29, 1.82) is 0 Å². The molecule has 0 spiro atoms. The van der Waals surface area contributed by atoms with Gasteiger partial charge < -0.3 is 4.90 Å². The summed E-state index contributed by atoms with van der Waals surface area (Å²) in [7, 11) is 1.62. The second-order valence-corrected chi connectivity index (χ2v) is 5.98. The lowest BCUT2D eigenvalue weighted by molar-refractivity contribution is -0.384. The van der Waals surface area contributed by atoms with Gasteiger partial charge in [-0.25, -0.2) is 0 Å². The van der Waals surface area contributed by atoms with Crippen LogP contribution < -0.4 is 0 Å². The lowest BCUT2D eigenvalue weighted by atomic mass is 10.1. The molecule has 3 rings (SSSR count). The van der Waals surface area contributed by atoms with Gasteiger partial charge in [0.2, 0.25) is 0 Å². The highest BCUT2D eigenvalue weighted by atomic mass is 35.5. The van der Waals surface area contributed by atoms with Crippen LogP contribution in [0, 0.1) is 10.1 Å². The number of hydrogen-bond donors (Lipinski definition) is 0. The van der Waals surface area contributed by atoms with Crippen LogP contribution in [0.15, 0.2) is 54.7 Å². The molecule has 1 heterocycles. The third kappa shape index (κ3) is 3.44. The van der Waals surface area contributed by atoms with Crippen molar-refractivity contribution < 1.29 is 9.72 Å². The molecule has 1 aromatic heterocycles. The molecule has 0 aliphatic rings. The van der Waals surface area contributed by atoms with E-state index in [-0.39, 0.29) is 18.1 Å². The molecule has 0 fully saturated rings. The molecule has 3 aromatic rings. The molecular weight excluding hydrogens is 342 g/mol. The lowest BCUT2D eigenvalue weighted by Gasteiger charge is -2.18. The standard InChI is InChI=1S/C18H14ClN3O3/c1-21(11-13-10-14(22(24)25)7-8-16(13)19)18(23)15-6-2-4-12-5-3-9-20-17(12)15/h2-10H,11H2,1H3. The van der Waals surface area contributed by atoms with Crippen molar-refractivity contribution in [3.63, 3.8) is 0 Å².